The fourth-order valence-electron chi connectivity index (χ4n) is 4.05. The number of alkyl halides is 3. The van der Waals surface area contributed by atoms with Gasteiger partial charge in [0.15, 0.2) is 0 Å². The van der Waals surface area contributed by atoms with Gasteiger partial charge in [-0.25, -0.2) is 9.59 Å². The molecule has 3 aromatic carbocycles. The molecule has 176 valence electrons. The lowest BCUT2D eigenvalue weighted by Gasteiger charge is -2.18. The Bertz CT molecular complexity index is 1150. The molecule has 0 fully saturated rings. The summed E-state index contributed by atoms with van der Waals surface area (Å²) < 4.78 is 46.0. The highest BCUT2D eigenvalue weighted by Gasteiger charge is 2.31. The van der Waals surface area contributed by atoms with E-state index in [2.05, 4.69) is 10.1 Å². The molecule has 0 heterocycles. The Labute approximate surface area is 192 Å². The lowest BCUT2D eigenvalue weighted by Crippen LogP contribution is -2.42. The van der Waals surface area contributed by atoms with Crippen molar-refractivity contribution >= 4 is 12.1 Å². The molecule has 1 atom stereocenters. The fraction of sp³-hybridized carbons (Fsp3) is 0.200. The van der Waals surface area contributed by atoms with Crippen LogP contribution >= 0.6 is 0 Å². The second kappa shape index (κ2) is 9.46. The maximum Gasteiger partial charge on any atom is 0.573 e. The van der Waals surface area contributed by atoms with Gasteiger partial charge < -0.3 is 19.9 Å². The number of carboxylic acid groups (broad SMARTS) is 1. The Kier molecular flexibility index (Phi) is 6.45. The summed E-state index contributed by atoms with van der Waals surface area (Å²) in [4.78, 5) is 24.0. The third-order valence-electron chi connectivity index (χ3n) is 5.53. The van der Waals surface area contributed by atoms with E-state index in [0.717, 1.165) is 34.4 Å². The number of carboxylic acids is 1. The number of alkyl carbamates (subject to hydrolysis) is 1. The number of aliphatic carboxylic acids is 1. The van der Waals surface area contributed by atoms with E-state index < -0.39 is 30.2 Å². The van der Waals surface area contributed by atoms with Gasteiger partial charge in [0.1, 0.15) is 18.4 Å². The molecule has 1 unspecified atom stereocenters. The van der Waals surface area contributed by atoms with Crippen molar-refractivity contribution in [1.29, 1.82) is 0 Å². The molecule has 0 spiro atoms. The summed E-state index contributed by atoms with van der Waals surface area (Å²) in [6.45, 7) is 0.0235. The van der Waals surface area contributed by atoms with E-state index in [1.54, 1.807) is 0 Å². The first-order chi connectivity index (χ1) is 16.2. The number of carbonyl (C=O) groups excluding carboxylic acids is 1. The molecule has 0 bridgehead atoms. The molecule has 0 saturated carbocycles. The number of benzene rings is 3. The zero-order valence-corrected chi connectivity index (χ0v) is 17.7. The molecule has 4 rings (SSSR count). The highest BCUT2D eigenvalue weighted by atomic mass is 19.4. The first kappa shape index (κ1) is 23.2. The molecule has 0 radical (unpaired) electrons. The summed E-state index contributed by atoms with van der Waals surface area (Å²) in [5.74, 6) is -1.90. The van der Waals surface area contributed by atoms with Gasteiger partial charge in [0.25, 0.3) is 0 Å². The van der Waals surface area contributed by atoms with Crippen molar-refractivity contribution in [1.82, 2.24) is 5.32 Å². The number of nitrogens with one attached hydrogen (secondary N) is 1. The number of amides is 1. The average Bonchev–Trinajstić information content (AvgIpc) is 3.11. The van der Waals surface area contributed by atoms with Gasteiger partial charge in [-0.05, 0) is 39.9 Å². The highest BCUT2D eigenvalue weighted by molar-refractivity contribution is 5.81. The molecule has 0 aromatic heterocycles. The van der Waals surface area contributed by atoms with E-state index in [9.17, 15) is 27.9 Å². The van der Waals surface area contributed by atoms with Crippen LogP contribution in [-0.2, 0) is 16.0 Å². The van der Waals surface area contributed by atoms with Crippen molar-refractivity contribution in [3.63, 3.8) is 0 Å². The minimum atomic E-state index is -4.82. The van der Waals surface area contributed by atoms with E-state index in [-0.39, 0.29) is 18.9 Å². The van der Waals surface area contributed by atoms with Gasteiger partial charge in [0, 0.05) is 12.3 Å². The van der Waals surface area contributed by atoms with Gasteiger partial charge >= 0.3 is 18.4 Å². The van der Waals surface area contributed by atoms with Gasteiger partial charge in [0.2, 0.25) is 0 Å². The number of hydrogen-bond donors (Lipinski definition) is 2. The van der Waals surface area contributed by atoms with Crippen LogP contribution in [0.3, 0.4) is 0 Å². The highest BCUT2D eigenvalue weighted by Crippen LogP contribution is 2.44. The molecular formula is C25H20F3NO5. The number of hydrogen-bond acceptors (Lipinski definition) is 4. The summed E-state index contributed by atoms with van der Waals surface area (Å²) >= 11 is 0. The van der Waals surface area contributed by atoms with Crippen molar-refractivity contribution in [3.8, 4) is 16.9 Å². The van der Waals surface area contributed by atoms with Crippen LogP contribution in [0.2, 0.25) is 0 Å². The van der Waals surface area contributed by atoms with E-state index in [4.69, 9.17) is 4.74 Å². The molecule has 1 aliphatic carbocycles. The molecule has 1 amide bonds. The first-order valence-electron chi connectivity index (χ1n) is 10.4. The zero-order chi connectivity index (χ0) is 24.3. The van der Waals surface area contributed by atoms with Gasteiger partial charge in [-0.3, -0.25) is 0 Å². The van der Waals surface area contributed by atoms with Gasteiger partial charge in [0.05, 0.1) is 0 Å². The third-order valence-corrected chi connectivity index (χ3v) is 5.53. The Balaban J connectivity index is 1.38. The van der Waals surface area contributed by atoms with Crippen molar-refractivity contribution in [2.75, 3.05) is 6.61 Å². The molecule has 2 N–H and O–H groups in total. The third kappa shape index (κ3) is 5.31. The van der Waals surface area contributed by atoms with E-state index >= 15 is 0 Å². The largest absolute Gasteiger partial charge is 0.573 e. The Morgan fingerprint density at radius 2 is 1.47 bits per heavy atom. The summed E-state index contributed by atoms with van der Waals surface area (Å²) in [5.41, 5.74) is 4.57. The zero-order valence-electron chi connectivity index (χ0n) is 17.7. The van der Waals surface area contributed by atoms with Crippen LogP contribution in [0.25, 0.3) is 11.1 Å². The number of rotatable bonds is 7. The number of carbonyl (C=O) groups is 2. The summed E-state index contributed by atoms with van der Waals surface area (Å²) in [7, 11) is 0. The second-order valence-corrected chi connectivity index (χ2v) is 7.76. The van der Waals surface area contributed by atoms with Crippen LogP contribution in [0.1, 0.15) is 22.6 Å². The lowest BCUT2D eigenvalue weighted by atomic mass is 9.98. The van der Waals surface area contributed by atoms with Crippen LogP contribution in [0, 0.1) is 0 Å². The summed E-state index contributed by atoms with van der Waals surface area (Å²) in [6, 6.07) is 19.0. The normalized spacial score (nSPS) is 13.5. The van der Waals surface area contributed by atoms with Gasteiger partial charge in [-0.2, -0.15) is 0 Å². The lowest BCUT2D eigenvalue weighted by molar-refractivity contribution is -0.274. The van der Waals surface area contributed by atoms with E-state index in [1.165, 1.54) is 12.1 Å². The first-order valence-corrected chi connectivity index (χ1v) is 10.4. The van der Waals surface area contributed by atoms with Crippen molar-refractivity contribution in [2.45, 2.75) is 24.7 Å². The minimum absolute atomic E-state index is 0.0235. The molecule has 0 saturated heterocycles. The number of fused-ring (bicyclic) bond motifs is 3. The Morgan fingerprint density at radius 3 is 2.00 bits per heavy atom. The molecule has 3 aromatic rings. The van der Waals surface area contributed by atoms with E-state index in [1.807, 2.05) is 48.5 Å². The average molecular weight is 471 g/mol. The maximum absolute atomic E-state index is 12.4. The van der Waals surface area contributed by atoms with Crippen LogP contribution in [-0.4, -0.2) is 36.2 Å². The number of halogens is 3. The number of ether oxygens (including phenoxy) is 2. The van der Waals surface area contributed by atoms with Crippen LogP contribution in [0.4, 0.5) is 18.0 Å². The maximum atomic E-state index is 12.4. The molecular weight excluding hydrogens is 451 g/mol. The smallest absolute Gasteiger partial charge is 0.480 e. The molecule has 1 aliphatic rings. The van der Waals surface area contributed by atoms with Crippen molar-refractivity contribution < 1.29 is 37.3 Å². The quantitative estimate of drug-likeness (QED) is 0.500. The molecule has 34 heavy (non-hydrogen) atoms. The standard InChI is InChI=1S/C25H20F3NO5/c26-25(27,28)34-16-11-9-15(10-12-16)13-22(23(30)31)29-24(32)33-14-21-19-7-3-1-5-17(19)18-6-2-4-8-20(18)21/h1-12,21-22H,13-14H2,(H,29,32)(H,30,31). The van der Waals surface area contributed by atoms with Crippen molar-refractivity contribution in [2.24, 2.45) is 0 Å². The van der Waals surface area contributed by atoms with Gasteiger partial charge in [-0.1, -0.05) is 60.7 Å². The summed E-state index contributed by atoms with van der Waals surface area (Å²) in [5, 5.41) is 11.8. The van der Waals surface area contributed by atoms with Crippen LogP contribution in [0.15, 0.2) is 72.8 Å². The summed E-state index contributed by atoms with van der Waals surface area (Å²) in [6.07, 6.45) is -5.87. The van der Waals surface area contributed by atoms with Crippen molar-refractivity contribution in [3.05, 3.63) is 89.5 Å². The topological polar surface area (TPSA) is 84.9 Å². The second-order valence-electron chi connectivity index (χ2n) is 7.76. The predicted molar refractivity (Wildman–Crippen MR) is 116 cm³/mol. The van der Waals surface area contributed by atoms with Gasteiger partial charge in [-0.15, -0.1) is 13.2 Å². The molecule has 0 aliphatic heterocycles. The fourth-order valence-corrected chi connectivity index (χ4v) is 4.05. The Morgan fingerprint density at radius 1 is 0.912 bits per heavy atom. The van der Waals surface area contributed by atoms with Crippen LogP contribution < -0.4 is 10.1 Å². The predicted octanol–water partition coefficient (Wildman–Crippen LogP) is 5.12. The van der Waals surface area contributed by atoms with E-state index in [0.29, 0.717) is 5.56 Å². The molecule has 9 heteroatoms. The molecule has 6 nitrogen and oxygen atoms in total. The Hall–Kier alpha value is -4.01. The van der Waals surface area contributed by atoms with Crippen LogP contribution in [0.5, 0.6) is 5.75 Å². The minimum Gasteiger partial charge on any atom is -0.480 e. The monoisotopic (exact) mass is 471 g/mol. The SMILES string of the molecule is O=C(NC(Cc1ccc(OC(F)(F)F)cc1)C(=O)O)OCC1c2ccccc2-c2ccccc21.